The molecule has 0 rings (SSSR count). The zero-order chi connectivity index (χ0) is 25.8. The lowest BCUT2D eigenvalue weighted by molar-refractivity contribution is -0.150. The van der Waals surface area contributed by atoms with Gasteiger partial charge in [-0.2, -0.15) is 0 Å². The van der Waals surface area contributed by atoms with Crippen molar-refractivity contribution in [1.29, 1.82) is 0 Å². The Kier molecular flexibility index (Phi) is 26.2. The van der Waals surface area contributed by atoms with Gasteiger partial charge in [-0.05, 0) is 51.4 Å². The molecule has 1 N–H and O–H groups in total. The molecule has 0 aliphatic heterocycles. The first-order chi connectivity index (χ1) is 17.1. The lowest BCUT2D eigenvalue weighted by Crippen LogP contribution is -2.18. The van der Waals surface area contributed by atoms with Crippen LogP contribution in [0.15, 0.2) is 12.7 Å². The van der Waals surface area contributed by atoms with Crippen LogP contribution in [0.25, 0.3) is 0 Å². The molecule has 0 aromatic carbocycles. The minimum atomic E-state index is -0.684. The first kappa shape index (κ1) is 33.7. The first-order valence-electron chi connectivity index (χ1n) is 15.1. The van der Waals surface area contributed by atoms with Crippen molar-refractivity contribution in [2.75, 3.05) is 0 Å². The Balaban J connectivity index is 3.87. The number of carbonyl (C=O) groups excluding carboxylic acids is 1. The predicted molar refractivity (Wildman–Crippen MR) is 149 cm³/mol. The van der Waals surface area contributed by atoms with E-state index < -0.39 is 5.97 Å². The number of allylic oxidation sites excluding steroid dienone is 1. The Bertz CT molecular complexity index is 488. The van der Waals surface area contributed by atoms with E-state index in [-0.39, 0.29) is 12.1 Å². The van der Waals surface area contributed by atoms with Crippen molar-refractivity contribution < 1.29 is 19.4 Å². The molecule has 0 saturated carbocycles. The van der Waals surface area contributed by atoms with E-state index in [9.17, 15) is 9.59 Å². The molecule has 0 aromatic heterocycles. The third kappa shape index (κ3) is 27.1. The van der Waals surface area contributed by atoms with Crippen LogP contribution in [0, 0.1) is 0 Å². The molecule has 0 aromatic rings. The number of carboxylic acids is 1. The second-order valence-corrected chi connectivity index (χ2v) is 10.4. The third-order valence-corrected chi connectivity index (χ3v) is 6.88. The highest BCUT2D eigenvalue weighted by molar-refractivity contribution is 5.69. The highest BCUT2D eigenvalue weighted by atomic mass is 16.5. The molecule has 1 atom stereocenters. The Morgan fingerprint density at radius 2 is 1.09 bits per heavy atom. The molecule has 0 radical (unpaired) electrons. The molecule has 0 aliphatic carbocycles. The maximum atomic E-state index is 12.4. The van der Waals surface area contributed by atoms with Gasteiger partial charge in [-0.1, -0.05) is 109 Å². The molecule has 0 spiro atoms. The van der Waals surface area contributed by atoms with Crippen molar-refractivity contribution in [2.45, 2.75) is 174 Å². The van der Waals surface area contributed by atoms with E-state index in [2.05, 4.69) is 13.5 Å². The summed E-state index contributed by atoms with van der Waals surface area (Å²) in [7, 11) is 0. The summed E-state index contributed by atoms with van der Waals surface area (Å²) >= 11 is 0. The molecule has 206 valence electrons. The molecule has 4 heteroatoms. The number of hydrogen-bond donors (Lipinski definition) is 1. The van der Waals surface area contributed by atoms with Gasteiger partial charge in [0.1, 0.15) is 6.10 Å². The zero-order valence-electron chi connectivity index (χ0n) is 23.2. The standard InChI is InChI=1S/C31H58O4/c1-3-5-7-9-10-11-12-17-20-24-28-31(34)35-29(25-21-8-6-4-2)26-22-18-15-13-14-16-19-23-27-30(32)33/h3,29H,1,4-28H2,2H3,(H,32,33). The molecule has 0 amide bonds. The zero-order valence-corrected chi connectivity index (χ0v) is 23.2. The lowest BCUT2D eigenvalue weighted by Gasteiger charge is -2.18. The van der Waals surface area contributed by atoms with Gasteiger partial charge in [-0.15, -0.1) is 6.58 Å². The second kappa shape index (κ2) is 27.3. The average Bonchev–Trinajstić information content (AvgIpc) is 2.83. The second-order valence-electron chi connectivity index (χ2n) is 10.4. The fourth-order valence-corrected chi connectivity index (χ4v) is 4.63. The number of carbonyl (C=O) groups is 2. The van der Waals surface area contributed by atoms with Crippen molar-refractivity contribution >= 4 is 11.9 Å². The summed E-state index contributed by atoms with van der Waals surface area (Å²) in [6.07, 6.45) is 29.8. The van der Waals surface area contributed by atoms with Crippen LogP contribution in [0.5, 0.6) is 0 Å². The first-order valence-corrected chi connectivity index (χ1v) is 15.1. The summed E-state index contributed by atoms with van der Waals surface area (Å²) in [5, 5.41) is 8.67. The Morgan fingerprint density at radius 1 is 0.657 bits per heavy atom. The molecule has 0 bridgehead atoms. The highest BCUT2D eigenvalue weighted by Gasteiger charge is 2.14. The van der Waals surface area contributed by atoms with Gasteiger partial charge in [-0.25, -0.2) is 0 Å². The molecule has 0 aliphatic rings. The fourth-order valence-electron chi connectivity index (χ4n) is 4.63. The summed E-state index contributed by atoms with van der Waals surface area (Å²) in [5.41, 5.74) is 0. The summed E-state index contributed by atoms with van der Waals surface area (Å²) in [5.74, 6) is -0.674. The van der Waals surface area contributed by atoms with Gasteiger partial charge in [0.15, 0.2) is 0 Å². The predicted octanol–water partition coefficient (Wildman–Crippen LogP) is 9.94. The number of aliphatic carboxylic acids is 1. The molecule has 35 heavy (non-hydrogen) atoms. The molecule has 0 heterocycles. The van der Waals surface area contributed by atoms with Gasteiger partial charge in [0, 0.05) is 12.8 Å². The summed E-state index contributed by atoms with van der Waals surface area (Å²) in [4.78, 5) is 22.9. The number of esters is 1. The minimum Gasteiger partial charge on any atom is -0.481 e. The molecular formula is C31H58O4. The van der Waals surface area contributed by atoms with Crippen molar-refractivity contribution in [3.8, 4) is 0 Å². The number of hydrogen-bond acceptors (Lipinski definition) is 3. The molecule has 0 saturated heterocycles. The smallest absolute Gasteiger partial charge is 0.306 e. The van der Waals surface area contributed by atoms with E-state index in [1.165, 1.54) is 83.5 Å². The quantitative estimate of drug-likeness (QED) is 0.0667. The van der Waals surface area contributed by atoms with Crippen molar-refractivity contribution in [3.63, 3.8) is 0 Å². The van der Waals surface area contributed by atoms with Gasteiger partial charge >= 0.3 is 11.9 Å². The third-order valence-electron chi connectivity index (χ3n) is 6.88. The Hall–Kier alpha value is -1.32. The molecule has 0 fully saturated rings. The SMILES string of the molecule is C=CCCCCCCCCCCC(=O)OC(CCCCCC)CCCCCCCCCCC(=O)O. The summed E-state index contributed by atoms with van der Waals surface area (Å²) in [6.45, 7) is 6.00. The van der Waals surface area contributed by atoms with Crippen LogP contribution in [0.4, 0.5) is 0 Å². The van der Waals surface area contributed by atoms with Crippen LogP contribution < -0.4 is 0 Å². The molecular weight excluding hydrogens is 436 g/mol. The minimum absolute atomic E-state index is 0.0104. The van der Waals surface area contributed by atoms with Gasteiger partial charge in [0.25, 0.3) is 0 Å². The fraction of sp³-hybridized carbons (Fsp3) is 0.871. The van der Waals surface area contributed by atoms with Gasteiger partial charge in [0.05, 0.1) is 0 Å². The topological polar surface area (TPSA) is 63.6 Å². The van der Waals surface area contributed by atoms with E-state index in [0.29, 0.717) is 12.8 Å². The van der Waals surface area contributed by atoms with Crippen molar-refractivity contribution in [2.24, 2.45) is 0 Å². The van der Waals surface area contributed by atoms with E-state index >= 15 is 0 Å². The number of carboxylic acid groups (broad SMARTS) is 1. The van der Waals surface area contributed by atoms with Crippen LogP contribution in [-0.2, 0) is 14.3 Å². The number of ether oxygens (including phenoxy) is 1. The summed E-state index contributed by atoms with van der Waals surface area (Å²) in [6, 6.07) is 0. The highest BCUT2D eigenvalue weighted by Crippen LogP contribution is 2.18. The van der Waals surface area contributed by atoms with Crippen molar-refractivity contribution in [1.82, 2.24) is 0 Å². The lowest BCUT2D eigenvalue weighted by atomic mass is 10.0. The molecule has 4 nitrogen and oxygen atoms in total. The number of rotatable bonds is 28. The maximum absolute atomic E-state index is 12.4. The van der Waals surface area contributed by atoms with E-state index in [4.69, 9.17) is 9.84 Å². The maximum Gasteiger partial charge on any atom is 0.306 e. The van der Waals surface area contributed by atoms with Crippen LogP contribution in [0.3, 0.4) is 0 Å². The van der Waals surface area contributed by atoms with Crippen LogP contribution in [-0.4, -0.2) is 23.1 Å². The monoisotopic (exact) mass is 494 g/mol. The van der Waals surface area contributed by atoms with Gasteiger partial charge in [0.2, 0.25) is 0 Å². The Labute approximate surface area is 217 Å². The Morgan fingerprint density at radius 3 is 1.57 bits per heavy atom. The van der Waals surface area contributed by atoms with E-state index in [1.54, 1.807) is 0 Å². The number of unbranched alkanes of at least 4 members (excludes halogenated alkanes) is 18. The van der Waals surface area contributed by atoms with E-state index in [1.807, 2.05) is 6.08 Å². The largest absolute Gasteiger partial charge is 0.481 e. The van der Waals surface area contributed by atoms with Crippen LogP contribution >= 0.6 is 0 Å². The average molecular weight is 495 g/mol. The summed E-state index contributed by atoms with van der Waals surface area (Å²) < 4.78 is 5.91. The normalized spacial score (nSPS) is 11.9. The van der Waals surface area contributed by atoms with E-state index in [0.717, 1.165) is 64.2 Å². The molecule has 1 unspecified atom stereocenters. The van der Waals surface area contributed by atoms with Crippen LogP contribution in [0.2, 0.25) is 0 Å². The van der Waals surface area contributed by atoms with Crippen molar-refractivity contribution in [3.05, 3.63) is 12.7 Å². The van der Waals surface area contributed by atoms with Crippen LogP contribution in [0.1, 0.15) is 167 Å². The van der Waals surface area contributed by atoms with Gasteiger partial charge < -0.3 is 9.84 Å². The van der Waals surface area contributed by atoms with Gasteiger partial charge in [-0.3, -0.25) is 9.59 Å².